The van der Waals surface area contributed by atoms with Gasteiger partial charge in [0.2, 0.25) is 5.91 Å². The summed E-state index contributed by atoms with van der Waals surface area (Å²) in [5, 5.41) is 2.96. The normalized spacial score (nSPS) is 29.5. The van der Waals surface area contributed by atoms with Gasteiger partial charge >= 0.3 is 0 Å². The topological polar surface area (TPSA) is 49.4 Å². The van der Waals surface area contributed by atoms with Crippen molar-refractivity contribution in [1.82, 2.24) is 5.32 Å². The SMILES string of the molecule is Cc1cccc(N2C(=O)C(C)(C3CC3)NC(=O)C2C)c1C. The Morgan fingerprint density at radius 2 is 1.90 bits per heavy atom. The van der Waals surface area contributed by atoms with Crippen LogP contribution < -0.4 is 10.2 Å². The van der Waals surface area contributed by atoms with Gasteiger partial charge in [0.1, 0.15) is 11.6 Å². The van der Waals surface area contributed by atoms with Crippen molar-refractivity contribution in [2.75, 3.05) is 4.90 Å². The van der Waals surface area contributed by atoms with Gasteiger partial charge < -0.3 is 5.32 Å². The summed E-state index contributed by atoms with van der Waals surface area (Å²) in [4.78, 5) is 27.1. The molecule has 2 aliphatic rings. The number of hydrogen-bond donors (Lipinski definition) is 1. The van der Waals surface area contributed by atoms with Gasteiger partial charge in [0.15, 0.2) is 0 Å². The first-order chi connectivity index (χ1) is 9.86. The molecule has 2 fully saturated rings. The highest BCUT2D eigenvalue weighted by molar-refractivity contribution is 6.11. The molecule has 1 N–H and O–H groups in total. The number of nitrogens with zero attached hydrogens (tertiary/aromatic N) is 1. The second kappa shape index (κ2) is 4.58. The summed E-state index contributed by atoms with van der Waals surface area (Å²) in [7, 11) is 0. The predicted octanol–water partition coefficient (Wildman–Crippen LogP) is 2.32. The Kier molecular flexibility index (Phi) is 3.08. The van der Waals surface area contributed by atoms with E-state index in [1.807, 2.05) is 39.0 Å². The molecule has 112 valence electrons. The summed E-state index contributed by atoms with van der Waals surface area (Å²) < 4.78 is 0. The number of aryl methyl sites for hydroxylation is 1. The molecule has 2 atom stereocenters. The van der Waals surface area contributed by atoms with Gasteiger partial charge in [-0.3, -0.25) is 14.5 Å². The number of anilines is 1. The van der Waals surface area contributed by atoms with Gasteiger partial charge in [-0.15, -0.1) is 0 Å². The fraction of sp³-hybridized carbons (Fsp3) is 0.529. The molecule has 0 aromatic heterocycles. The van der Waals surface area contributed by atoms with Crippen LogP contribution >= 0.6 is 0 Å². The molecule has 21 heavy (non-hydrogen) atoms. The van der Waals surface area contributed by atoms with Crippen LogP contribution in [0, 0.1) is 19.8 Å². The van der Waals surface area contributed by atoms with Crippen molar-refractivity contribution >= 4 is 17.5 Å². The highest BCUT2D eigenvalue weighted by Crippen LogP contribution is 2.43. The molecule has 0 spiro atoms. The third kappa shape index (κ3) is 2.04. The van der Waals surface area contributed by atoms with E-state index in [4.69, 9.17) is 0 Å². The number of piperazine rings is 1. The van der Waals surface area contributed by atoms with Crippen LogP contribution in [0.3, 0.4) is 0 Å². The first-order valence-corrected chi connectivity index (χ1v) is 7.58. The number of rotatable bonds is 2. The van der Waals surface area contributed by atoms with Gasteiger partial charge in [-0.05, 0) is 63.6 Å². The summed E-state index contributed by atoms with van der Waals surface area (Å²) in [5.41, 5.74) is 2.30. The van der Waals surface area contributed by atoms with Crippen LogP contribution in [0.2, 0.25) is 0 Å². The van der Waals surface area contributed by atoms with Crippen molar-refractivity contribution in [1.29, 1.82) is 0 Å². The van der Waals surface area contributed by atoms with Crippen molar-refractivity contribution in [3.8, 4) is 0 Å². The second-order valence-electron chi connectivity index (χ2n) is 6.54. The number of carbonyl (C=O) groups excluding carboxylic acids is 2. The lowest BCUT2D eigenvalue weighted by molar-refractivity contribution is -0.138. The maximum atomic E-state index is 13.1. The first-order valence-electron chi connectivity index (χ1n) is 7.58. The highest BCUT2D eigenvalue weighted by atomic mass is 16.2. The number of hydrogen-bond acceptors (Lipinski definition) is 2. The van der Waals surface area contributed by atoms with Crippen molar-refractivity contribution in [2.24, 2.45) is 5.92 Å². The van der Waals surface area contributed by atoms with Crippen LogP contribution in [0.1, 0.15) is 37.8 Å². The van der Waals surface area contributed by atoms with Gasteiger partial charge in [-0.25, -0.2) is 0 Å². The van der Waals surface area contributed by atoms with Crippen LogP contribution in [0.4, 0.5) is 5.69 Å². The smallest absolute Gasteiger partial charge is 0.253 e. The first kappa shape index (κ1) is 14.1. The van der Waals surface area contributed by atoms with E-state index in [1.165, 1.54) is 0 Å². The summed E-state index contributed by atoms with van der Waals surface area (Å²) in [5.74, 6) is 0.227. The van der Waals surface area contributed by atoms with Gasteiger partial charge in [0, 0.05) is 5.69 Å². The Balaban J connectivity index is 2.08. The van der Waals surface area contributed by atoms with Gasteiger partial charge in [0.05, 0.1) is 0 Å². The molecule has 1 aliphatic heterocycles. The van der Waals surface area contributed by atoms with Crippen molar-refractivity contribution in [3.63, 3.8) is 0 Å². The molecule has 1 saturated carbocycles. The van der Waals surface area contributed by atoms with Crippen LogP contribution in [-0.4, -0.2) is 23.4 Å². The molecule has 0 bridgehead atoms. The van der Waals surface area contributed by atoms with Crippen LogP contribution in [0.15, 0.2) is 18.2 Å². The fourth-order valence-corrected chi connectivity index (χ4v) is 3.21. The zero-order valence-electron chi connectivity index (χ0n) is 13.1. The predicted molar refractivity (Wildman–Crippen MR) is 82.1 cm³/mol. The lowest BCUT2D eigenvalue weighted by Gasteiger charge is -2.44. The van der Waals surface area contributed by atoms with E-state index in [2.05, 4.69) is 5.32 Å². The molecule has 2 unspecified atom stereocenters. The van der Waals surface area contributed by atoms with Crippen LogP contribution in [-0.2, 0) is 9.59 Å². The minimum Gasteiger partial charge on any atom is -0.340 e. The van der Waals surface area contributed by atoms with Crippen molar-refractivity contribution in [3.05, 3.63) is 29.3 Å². The molecule has 4 heteroatoms. The van der Waals surface area contributed by atoms with Gasteiger partial charge in [-0.2, -0.15) is 0 Å². The van der Waals surface area contributed by atoms with Crippen LogP contribution in [0.5, 0.6) is 0 Å². The zero-order chi connectivity index (χ0) is 15.4. The Labute approximate surface area is 125 Å². The van der Waals surface area contributed by atoms with E-state index in [9.17, 15) is 9.59 Å². The Bertz CT molecular complexity index is 621. The standard InChI is InChI=1S/C17H22N2O2/c1-10-6-5-7-14(11(10)2)19-12(3)15(20)18-17(4,16(19)21)13-8-9-13/h5-7,12-13H,8-9H2,1-4H3,(H,18,20). The third-order valence-electron chi connectivity index (χ3n) is 5.04. The molecular formula is C17H22N2O2. The van der Waals surface area contributed by atoms with E-state index in [1.54, 1.807) is 11.8 Å². The molecule has 1 aromatic carbocycles. The van der Waals surface area contributed by atoms with Crippen LogP contribution in [0.25, 0.3) is 0 Å². The number of nitrogens with one attached hydrogen (secondary N) is 1. The molecule has 4 nitrogen and oxygen atoms in total. The maximum absolute atomic E-state index is 13.1. The number of benzene rings is 1. The van der Waals surface area contributed by atoms with Gasteiger partial charge in [-0.1, -0.05) is 12.1 Å². The zero-order valence-corrected chi connectivity index (χ0v) is 13.1. The van der Waals surface area contributed by atoms with E-state index in [0.29, 0.717) is 0 Å². The lowest BCUT2D eigenvalue weighted by atomic mass is 9.88. The molecular weight excluding hydrogens is 264 g/mol. The summed E-state index contributed by atoms with van der Waals surface area (Å²) in [6.45, 7) is 7.69. The van der Waals surface area contributed by atoms with Crippen molar-refractivity contribution < 1.29 is 9.59 Å². The summed E-state index contributed by atoms with van der Waals surface area (Å²) in [6.07, 6.45) is 2.02. The van der Waals surface area contributed by atoms with Gasteiger partial charge in [0.25, 0.3) is 5.91 Å². The van der Waals surface area contributed by atoms with Crippen molar-refractivity contribution in [2.45, 2.75) is 52.1 Å². The highest BCUT2D eigenvalue weighted by Gasteiger charge is 2.55. The minimum absolute atomic E-state index is 0.0193. The second-order valence-corrected chi connectivity index (χ2v) is 6.54. The maximum Gasteiger partial charge on any atom is 0.253 e. The number of carbonyl (C=O) groups is 2. The molecule has 1 heterocycles. The molecule has 1 saturated heterocycles. The van der Waals surface area contributed by atoms with E-state index in [-0.39, 0.29) is 17.7 Å². The Hall–Kier alpha value is -1.84. The van der Waals surface area contributed by atoms with E-state index >= 15 is 0 Å². The quantitative estimate of drug-likeness (QED) is 0.907. The molecule has 1 aliphatic carbocycles. The average Bonchev–Trinajstić information content (AvgIpc) is 3.26. The Morgan fingerprint density at radius 3 is 2.52 bits per heavy atom. The minimum atomic E-state index is -0.750. The number of amides is 2. The third-order valence-corrected chi connectivity index (χ3v) is 5.04. The van der Waals surface area contributed by atoms with E-state index in [0.717, 1.165) is 29.7 Å². The molecule has 1 aromatic rings. The largest absolute Gasteiger partial charge is 0.340 e. The summed E-state index contributed by atoms with van der Waals surface area (Å²) >= 11 is 0. The fourth-order valence-electron chi connectivity index (χ4n) is 3.21. The summed E-state index contributed by atoms with van der Waals surface area (Å²) in [6, 6.07) is 5.43. The molecule has 0 radical (unpaired) electrons. The van der Waals surface area contributed by atoms with E-state index < -0.39 is 11.6 Å². The molecule has 2 amide bonds. The lowest BCUT2D eigenvalue weighted by Crippen LogP contribution is -2.70. The average molecular weight is 286 g/mol. The monoisotopic (exact) mass is 286 g/mol. The molecule has 3 rings (SSSR count). The Morgan fingerprint density at radius 1 is 1.24 bits per heavy atom.